The van der Waals surface area contributed by atoms with Gasteiger partial charge in [0.2, 0.25) is 0 Å². The van der Waals surface area contributed by atoms with Crippen molar-refractivity contribution in [2.75, 3.05) is 0 Å². The van der Waals surface area contributed by atoms with Gasteiger partial charge in [0.05, 0.1) is 11.0 Å². The molecule has 5 nitrogen and oxygen atoms in total. The minimum absolute atomic E-state index is 0.0793. The highest BCUT2D eigenvalue weighted by Crippen LogP contribution is 2.44. The highest BCUT2D eigenvalue weighted by atomic mass is 16.5. The largest absolute Gasteiger partial charge is 0.457 e. The lowest BCUT2D eigenvalue weighted by molar-refractivity contribution is -0.151. The number of allylic oxidation sites excluding steroid dienone is 1. The second-order valence-electron chi connectivity index (χ2n) is 10.8. The average molecular weight is 451 g/mol. The van der Waals surface area contributed by atoms with E-state index in [0.29, 0.717) is 24.5 Å². The molecule has 1 aromatic heterocycles. The fraction of sp³-hybridized carbons (Fsp3) is 0.607. The average Bonchev–Trinajstić information content (AvgIpc) is 3.06. The molecule has 178 valence electrons. The molecular weight excluding hydrogens is 412 g/mol. The smallest absolute Gasteiger partial charge is 0.306 e. The lowest BCUT2D eigenvalue weighted by Gasteiger charge is -2.40. The van der Waals surface area contributed by atoms with Crippen molar-refractivity contribution in [3.8, 4) is 0 Å². The Morgan fingerprint density at radius 2 is 1.97 bits per heavy atom. The van der Waals surface area contributed by atoms with Crippen LogP contribution in [0.25, 0.3) is 11.0 Å². The van der Waals surface area contributed by atoms with Crippen LogP contribution in [0, 0.1) is 24.2 Å². The molecule has 0 radical (unpaired) electrons. The van der Waals surface area contributed by atoms with Crippen LogP contribution in [0.15, 0.2) is 29.8 Å². The fourth-order valence-electron chi connectivity index (χ4n) is 5.93. The summed E-state index contributed by atoms with van der Waals surface area (Å²) in [6.07, 6.45) is 8.63. The van der Waals surface area contributed by atoms with Gasteiger partial charge in [0.25, 0.3) is 0 Å². The molecule has 0 saturated heterocycles. The molecule has 2 unspecified atom stereocenters. The van der Waals surface area contributed by atoms with Crippen molar-refractivity contribution in [3.05, 3.63) is 41.2 Å². The van der Waals surface area contributed by atoms with Crippen LogP contribution >= 0.6 is 0 Å². The molecule has 2 heterocycles. The molecular formula is C28H38N2O3. The number of hydrogen-bond donors (Lipinski definition) is 0. The quantitative estimate of drug-likeness (QED) is 0.373. The molecule has 1 aromatic carbocycles. The van der Waals surface area contributed by atoms with Crippen molar-refractivity contribution in [1.29, 1.82) is 0 Å². The summed E-state index contributed by atoms with van der Waals surface area (Å²) in [6, 6.07) is 6.15. The number of ketones is 1. The molecule has 2 aromatic rings. The number of Topliss-reactive ketones (excluding diaryl/α,β-unsaturated/α-hetero) is 1. The van der Waals surface area contributed by atoms with Crippen molar-refractivity contribution < 1.29 is 14.3 Å². The van der Waals surface area contributed by atoms with E-state index >= 15 is 0 Å². The minimum atomic E-state index is -0.420. The van der Waals surface area contributed by atoms with Crippen LogP contribution in [0.3, 0.4) is 0 Å². The van der Waals surface area contributed by atoms with Crippen LogP contribution < -0.4 is 0 Å². The van der Waals surface area contributed by atoms with Crippen molar-refractivity contribution in [1.82, 2.24) is 9.55 Å². The maximum atomic E-state index is 13.0. The summed E-state index contributed by atoms with van der Waals surface area (Å²) >= 11 is 0. The predicted molar refractivity (Wildman–Crippen MR) is 131 cm³/mol. The molecule has 1 aliphatic carbocycles. The van der Waals surface area contributed by atoms with E-state index in [4.69, 9.17) is 4.74 Å². The number of benzene rings is 1. The first-order valence-corrected chi connectivity index (χ1v) is 12.5. The van der Waals surface area contributed by atoms with Crippen molar-refractivity contribution in [2.24, 2.45) is 24.3 Å². The second kappa shape index (κ2) is 9.44. The zero-order chi connectivity index (χ0) is 23.8. The van der Waals surface area contributed by atoms with Gasteiger partial charge in [-0.15, -0.1) is 0 Å². The summed E-state index contributed by atoms with van der Waals surface area (Å²) in [5, 5.41) is 0. The van der Waals surface area contributed by atoms with Crippen LogP contribution in [0.2, 0.25) is 0 Å². The van der Waals surface area contributed by atoms with Crippen LogP contribution in [-0.4, -0.2) is 21.3 Å². The van der Waals surface area contributed by atoms with Gasteiger partial charge in [0, 0.05) is 31.2 Å². The summed E-state index contributed by atoms with van der Waals surface area (Å²) in [6.45, 7) is 8.29. The number of esters is 1. The number of hydrogen-bond acceptors (Lipinski definition) is 4. The summed E-state index contributed by atoms with van der Waals surface area (Å²) in [5.41, 5.74) is 3.88. The monoisotopic (exact) mass is 450 g/mol. The number of fused-ring (bicyclic) bond motifs is 3. The lowest BCUT2D eigenvalue weighted by Crippen LogP contribution is -2.40. The van der Waals surface area contributed by atoms with Crippen LogP contribution in [0.5, 0.6) is 0 Å². The molecule has 0 amide bonds. The van der Waals surface area contributed by atoms with Gasteiger partial charge < -0.3 is 9.30 Å². The summed E-state index contributed by atoms with van der Waals surface area (Å²) in [5.74, 6) is 1.71. The van der Waals surface area contributed by atoms with E-state index in [-0.39, 0.29) is 24.4 Å². The molecule has 1 saturated carbocycles. The summed E-state index contributed by atoms with van der Waals surface area (Å²) in [4.78, 5) is 30.6. The van der Waals surface area contributed by atoms with E-state index in [9.17, 15) is 9.59 Å². The highest BCUT2D eigenvalue weighted by molar-refractivity contribution is 5.87. The molecule has 0 N–H and O–H groups in total. The molecule has 1 aliphatic heterocycles. The first-order valence-electron chi connectivity index (χ1n) is 12.5. The summed E-state index contributed by atoms with van der Waals surface area (Å²) in [7, 11) is 2.01. The Kier molecular flexibility index (Phi) is 6.78. The third-order valence-electron chi connectivity index (χ3n) is 7.99. The number of ether oxygens (including phenoxy) is 1. The number of carbonyl (C=O) groups is 2. The first-order chi connectivity index (χ1) is 15.7. The minimum Gasteiger partial charge on any atom is -0.457 e. The number of aromatic nitrogens is 2. The van der Waals surface area contributed by atoms with E-state index in [1.54, 1.807) is 0 Å². The van der Waals surface area contributed by atoms with Crippen LogP contribution in [0.1, 0.15) is 89.6 Å². The van der Waals surface area contributed by atoms with E-state index in [2.05, 4.69) is 42.5 Å². The van der Waals surface area contributed by atoms with E-state index in [1.807, 2.05) is 26.1 Å². The van der Waals surface area contributed by atoms with Gasteiger partial charge in [0.1, 0.15) is 17.7 Å². The number of imidazole rings is 1. The maximum Gasteiger partial charge on any atom is 0.306 e. The molecule has 4 rings (SSSR count). The van der Waals surface area contributed by atoms with Gasteiger partial charge in [-0.1, -0.05) is 38.0 Å². The Hall–Kier alpha value is -2.43. The van der Waals surface area contributed by atoms with Crippen molar-refractivity contribution in [3.63, 3.8) is 0 Å². The van der Waals surface area contributed by atoms with E-state index < -0.39 is 5.41 Å². The Balaban J connectivity index is 1.60. The van der Waals surface area contributed by atoms with Crippen LogP contribution in [0.4, 0.5) is 0 Å². The second-order valence-corrected chi connectivity index (χ2v) is 10.8. The molecule has 5 heteroatoms. The Labute approximate surface area is 197 Å². The van der Waals surface area contributed by atoms with Gasteiger partial charge in [-0.25, -0.2) is 4.98 Å². The first kappa shape index (κ1) is 23.7. The Morgan fingerprint density at radius 1 is 1.18 bits per heavy atom. The van der Waals surface area contributed by atoms with Crippen LogP contribution in [-0.2, 0) is 21.4 Å². The molecule has 0 spiro atoms. The molecule has 4 atom stereocenters. The number of cyclic esters (lactones) is 1. The van der Waals surface area contributed by atoms with E-state index in [0.717, 1.165) is 54.5 Å². The maximum absolute atomic E-state index is 13.0. The topological polar surface area (TPSA) is 61.2 Å². The number of nitrogens with zero attached hydrogens (tertiary/aromatic N) is 2. The van der Waals surface area contributed by atoms with Gasteiger partial charge in [0.15, 0.2) is 0 Å². The van der Waals surface area contributed by atoms with Gasteiger partial charge in [-0.3, -0.25) is 9.59 Å². The van der Waals surface area contributed by atoms with Gasteiger partial charge >= 0.3 is 5.97 Å². The van der Waals surface area contributed by atoms with E-state index in [1.165, 1.54) is 5.57 Å². The predicted octanol–water partition coefficient (Wildman–Crippen LogP) is 6.39. The molecule has 33 heavy (non-hydrogen) atoms. The fourth-order valence-corrected chi connectivity index (χ4v) is 5.93. The summed E-state index contributed by atoms with van der Waals surface area (Å²) < 4.78 is 8.10. The number of carbonyl (C=O) groups excluding carboxylic acids is 2. The zero-order valence-electron chi connectivity index (χ0n) is 20.8. The SMILES string of the molecule is C/C1=C/CC(c2ccc3c(c2)nc(C)n3C)OC(=O)CCC2(C)C[C@@H](CCC1)C[C@@H](C)C2=O. The third kappa shape index (κ3) is 5.07. The number of rotatable bonds is 1. The Morgan fingerprint density at radius 3 is 2.76 bits per heavy atom. The molecule has 1 fully saturated rings. The highest BCUT2D eigenvalue weighted by Gasteiger charge is 2.43. The normalized spacial score (nSPS) is 31.5. The number of aryl methyl sites for hydroxylation is 2. The van der Waals surface area contributed by atoms with Crippen molar-refractivity contribution >= 4 is 22.8 Å². The van der Waals surface area contributed by atoms with Gasteiger partial charge in [-0.05, 0) is 69.6 Å². The zero-order valence-corrected chi connectivity index (χ0v) is 20.8. The third-order valence-corrected chi connectivity index (χ3v) is 7.99. The standard InChI is InChI=1S/C28H38N2O3/c1-18-7-6-8-21-15-19(2)27(32)28(4,17-21)14-13-26(31)33-25(12-9-18)22-10-11-24-23(16-22)29-20(3)30(24)5/h9-11,16,19,21,25H,6-8,12-15,17H2,1-5H3/b18-9-/t19-,21+,25?,28?/m1/s1. The molecule has 2 aliphatic rings. The van der Waals surface area contributed by atoms with Gasteiger partial charge in [-0.2, -0.15) is 0 Å². The lowest BCUT2D eigenvalue weighted by atomic mass is 9.63. The molecule has 2 bridgehead atoms. The van der Waals surface area contributed by atoms with Crippen molar-refractivity contribution in [2.45, 2.75) is 85.2 Å². The Bertz CT molecular complexity index is 1080.